The van der Waals surface area contributed by atoms with Crippen LogP contribution in [0.15, 0.2) is 53.5 Å². The molecule has 0 bridgehead atoms. The van der Waals surface area contributed by atoms with Crippen molar-refractivity contribution in [1.82, 2.24) is 19.7 Å². The second-order valence-corrected chi connectivity index (χ2v) is 20.5. The van der Waals surface area contributed by atoms with Gasteiger partial charge in [0, 0.05) is 37.2 Å². The zero-order valence-electron chi connectivity index (χ0n) is 27.8. The Labute approximate surface area is 287 Å². The van der Waals surface area contributed by atoms with Gasteiger partial charge in [0.15, 0.2) is 33.1 Å². The lowest BCUT2D eigenvalue weighted by Gasteiger charge is -2.28. The van der Waals surface area contributed by atoms with Crippen molar-refractivity contribution in [3.63, 3.8) is 0 Å². The SMILES string of the molecule is CCCc1sc(N2CCCc3c2nnc(/N=c2\sc4ccccc4n2COCC[Si](C)(C)C)c3C)nc1C(=O)OOc1ccccc1F. The first-order valence-electron chi connectivity index (χ1n) is 16.1. The number of nitrogens with zero attached hydrogens (tertiary/aromatic N) is 6. The van der Waals surface area contributed by atoms with Crippen molar-refractivity contribution in [3.8, 4) is 5.75 Å². The molecule has 0 unspecified atom stereocenters. The monoisotopic (exact) mass is 706 g/mol. The number of hydrogen-bond donors (Lipinski definition) is 0. The first-order chi connectivity index (χ1) is 23.1. The van der Waals surface area contributed by atoms with Crippen molar-refractivity contribution in [3.05, 3.63) is 80.8 Å². The molecule has 48 heavy (non-hydrogen) atoms. The molecule has 0 fully saturated rings. The fraction of sp³-hybridized carbons (Fsp3) is 0.382. The van der Waals surface area contributed by atoms with Crippen LogP contribution in [0.4, 0.5) is 21.2 Å². The van der Waals surface area contributed by atoms with Crippen LogP contribution in [-0.4, -0.2) is 46.9 Å². The Morgan fingerprint density at radius 1 is 1.08 bits per heavy atom. The van der Waals surface area contributed by atoms with Gasteiger partial charge in [0.05, 0.1) is 10.2 Å². The summed E-state index contributed by atoms with van der Waals surface area (Å²) in [4.78, 5) is 36.4. The van der Waals surface area contributed by atoms with Crippen LogP contribution in [0.2, 0.25) is 25.7 Å². The number of rotatable bonds is 12. The predicted octanol–water partition coefficient (Wildman–Crippen LogP) is 8.13. The van der Waals surface area contributed by atoms with Crippen LogP contribution in [-0.2, 0) is 29.2 Å². The molecule has 0 radical (unpaired) electrons. The minimum Gasteiger partial charge on any atom is -0.361 e. The number of aromatic nitrogens is 4. The van der Waals surface area contributed by atoms with Crippen molar-refractivity contribution in [2.75, 3.05) is 18.1 Å². The van der Waals surface area contributed by atoms with E-state index in [1.165, 1.54) is 29.5 Å². The Bertz CT molecular complexity index is 2000. The van der Waals surface area contributed by atoms with Crippen LogP contribution >= 0.6 is 22.7 Å². The lowest BCUT2D eigenvalue weighted by atomic mass is 10.0. The lowest BCUT2D eigenvalue weighted by Crippen LogP contribution is -2.27. The summed E-state index contributed by atoms with van der Waals surface area (Å²) in [5.41, 5.74) is 3.23. The molecule has 3 aromatic heterocycles. The summed E-state index contributed by atoms with van der Waals surface area (Å²) in [5, 5.41) is 9.89. The summed E-state index contributed by atoms with van der Waals surface area (Å²) in [5.74, 6) is -0.310. The first kappa shape index (κ1) is 33.9. The molecule has 14 heteroatoms. The van der Waals surface area contributed by atoms with E-state index in [2.05, 4.69) is 51.5 Å². The largest absolute Gasteiger partial charge is 0.405 e. The van der Waals surface area contributed by atoms with Crippen molar-refractivity contribution in [2.45, 2.75) is 71.9 Å². The summed E-state index contributed by atoms with van der Waals surface area (Å²) in [6.07, 6.45) is 3.12. The maximum Gasteiger partial charge on any atom is 0.405 e. The average molecular weight is 707 g/mol. The molecule has 10 nitrogen and oxygen atoms in total. The zero-order valence-corrected chi connectivity index (χ0v) is 30.4. The minimum atomic E-state index is -1.21. The van der Waals surface area contributed by atoms with Crippen LogP contribution in [0.1, 0.15) is 46.3 Å². The van der Waals surface area contributed by atoms with Gasteiger partial charge in [0.2, 0.25) is 5.75 Å². The van der Waals surface area contributed by atoms with Crippen molar-refractivity contribution in [2.24, 2.45) is 4.99 Å². The fourth-order valence-corrected chi connectivity index (χ4v) is 8.32. The fourth-order valence-electron chi connectivity index (χ4n) is 5.36. The van der Waals surface area contributed by atoms with Gasteiger partial charge in [-0.2, -0.15) is 4.99 Å². The minimum absolute atomic E-state index is 0.151. The standard InChI is InChI=1S/C34H39FN6O4S2Si/c1-6-12-28-29(32(42)45-44-26-16-9-7-14-24(26)35)36-33(47-28)40-18-11-13-23-22(2)30(38-39-31(23)40)37-34-41(21-43-19-20-48(3,4)5)25-15-8-10-17-27(25)46-34/h7-10,14-17H,6,11-13,18-21H2,1-5H3/b37-34-. The molecule has 1 aliphatic heterocycles. The van der Waals surface area contributed by atoms with Crippen LogP contribution in [0.5, 0.6) is 5.75 Å². The Morgan fingerprint density at radius 2 is 1.88 bits per heavy atom. The number of fused-ring (bicyclic) bond motifs is 2. The molecule has 0 saturated heterocycles. The highest BCUT2D eigenvalue weighted by molar-refractivity contribution is 7.16. The topological polar surface area (TPSA) is 104 Å². The summed E-state index contributed by atoms with van der Waals surface area (Å²) in [6.45, 7) is 12.9. The van der Waals surface area contributed by atoms with Gasteiger partial charge >= 0.3 is 5.97 Å². The van der Waals surface area contributed by atoms with E-state index < -0.39 is 19.9 Å². The van der Waals surface area contributed by atoms with Crippen LogP contribution in [0, 0.1) is 12.7 Å². The molecular formula is C34H39FN6O4S2Si. The van der Waals surface area contributed by atoms with Crippen molar-refractivity contribution in [1.29, 1.82) is 0 Å². The Hall–Kier alpha value is -3.98. The molecule has 6 rings (SSSR count). The van der Waals surface area contributed by atoms with E-state index >= 15 is 0 Å². The van der Waals surface area contributed by atoms with E-state index in [0.29, 0.717) is 43.1 Å². The van der Waals surface area contributed by atoms with Gasteiger partial charge in [-0.1, -0.05) is 68.6 Å². The van der Waals surface area contributed by atoms with E-state index in [4.69, 9.17) is 19.5 Å². The Kier molecular flexibility index (Phi) is 10.3. The zero-order chi connectivity index (χ0) is 33.8. The second kappa shape index (κ2) is 14.6. The molecule has 0 aliphatic carbocycles. The van der Waals surface area contributed by atoms with Gasteiger partial charge in [0.1, 0.15) is 6.73 Å². The number of benzene rings is 2. The number of halogens is 1. The molecule has 0 spiro atoms. The average Bonchev–Trinajstić information content (AvgIpc) is 3.64. The van der Waals surface area contributed by atoms with Gasteiger partial charge in [-0.15, -0.1) is 21.5 Å². The van der Waals surface area contributed by atoms with Gasteiger partial charge in [0.25, 0.3) is 0 Å². The Morgan fingerprint density at radius 3 is 2.67 bits per heavy atom. The summed E-state index contributed by atoms with van der Waals surface area (Å²) in [7, 11) is -1.21. The van der Waals surface area contributed by atoms with E-state index in [9.17, 15) is 9.18 Å². The Balaban J connectivity index is 1.29. The second-order valence-electron chi connectivity index (χ2n) is 12.8. The molecule has 0 saturated carbocycles. The number of carbonyl (C=O) groups excluding carboxylic acids is 1. The van der Waals surface area contributed by atoms with E-state index in [1.54, 1.807) is 17.4 Å². The summed E-state index contributed by atoms with van der Waals surface area (Å²) >= 11 is 3.02. The molecule has 4 heterocycles. The summed E-state index contributed by atoms with van der Waals surface area (Å²) in [6, 6.07) is 15.1. The number of aryl methyl sites for hydroxylation is 1. The predicted molar refractivity (Wildman–Crippen MR) is 190 cm³/mol. The third kappa shape index (κ3) is 7.51. The number of para-hydroxylation sites is 2. The number of anilines is 2. The highest BCUT2D eigenvalue weighted by Crippen LogP contribution is 2.39. The molecule has 0 atom stereocenters. The van der Waals surface area contributed by atoms with Crippen molar-refractivity contribution >= 4 is 63.7 Å². The number of ether oxygens (including phenoxy) is 1. The van der Waals surface area contributed by atoms with Gasteiger partial charge in [-0.05, 0) is 56.5 Å². The van der Waals surface area contributed by atoms with E-state index in [1.807, 2.05) is 30.9 Å². The molecule has 2 aromatic carbocycles. The maximum absolute atomic E-state index is 14.0. The quantitative estimate of drug-likeness (QED) is 0.0555. The third-order valence-electron chi connectivity index (χ3n) is 8.00. The smallest absolute Gasteiger partial charge is 0.361 e. The van der Waals surface area contributed by atoms with Gasteiger partial charge in [-0.25, -0.2) is 19.1 Å². The van der Waals surface area contributed by atoms with E-state index in [-0.39, 0.29) is 11.4 Å². The maximum atomic E-state index is 14.0. The van der Waals surface area contributed by atoms with Crippen molar-refractivity contribution < 1.29 is 23.7 Å². The highest BCUT2D eigenvalue weighted by Gasteiger charge is 2.29. The molecule has 5 aromatic rings. The van der Waals surface area contributed by atoms with Crippen LogP contribution in [0.3, 0.4) is 0 Å². The van der Waals surface area contributed by atoms with Gasteiger partial charge in [-0.3, -0.25) is 9.45 Å². The third-order valence-corrected chi connectivity index (χ3v) is 11.9. The number of carbonyl (C=O) groups is 1. The summed E-state index contributed by atoms with van der Waals surface area (Å²) < 4.78 is 23.4. The molecular weight excluding hydrogens is 668 g/mol. The van der Waals surface area contributed by atoms with Gasteiger partial charge < -0.3 is 9.64 Å². The molecule has 0 amide bonds. The molecule has 252 valence electrons. The lowest BCUT2D eigenvalue weighted by molar-refractivity contribution is -0.152. The number of thiazole rings is 2. The number of hydrogen-bond acceptors (Lipinski definition) is 11. The van der Waals surface area contributed by atoms with E-state index in [0.717, 1.165) is 56.3 Å². The normalized spacial score (nSPS) is 13.6. The first-order valence-corrected chi connectivity index (χ1v) is 21.4. The van der Waals surface area contributed by atoms with Crippen LogP contribution < -0.4 is 14.6 Å². The highest BCUT2D eigenvalue weighted by atomic mass is 32.1. The van der Waals surface area contributed by atoms with Crippen LogP contribution in [0.25, 0.3) is 10.2 Å². The molecule has 0 N–H and O–H groups in total. The molecule has 1 aliphatic rings.